The third-order valence-corrected chi connectivity index (χ3v) is 4.63. The maximum absolute atomic E-state index is 12.1. The van der Waals surface area contributed by atoms with E-state index in [0.29, 0.717) is 5.69 Å². The van der Waals surface area contributed by atoms with E-state index in [1.165, 1.54) is 0 Å². The van der Waals surface area contributed by atoms with Crippen LogP contribution >= 0.6 is 0 Å². The molecule has 2 aliphatic rings. The highest BCUT2D eigenvalue weighted by Gasteiger charge is 2.24. The van der Waals surface area contributed by atoms with Crippen molar-refractivity contribution in [1.29, 1.82) is 0 Å². The molecule has 1 aromatic rings. The molecule has 0 aromatic carbocycles. The molecule has 7 heteroatoms. The molecule has 0 bridgehead atoms. The first-order chi connectivity index (χ1) is 12.0. The summed E-state index contributed by atoms with van der Waals surface area (Å²) in [5.41, 5.74) is 0.676. The second-order valence-electron chi connectivity index (χ2n) is 7.01. The monoisotopic (exact) mass is 348 g/mol. The Bertz CT molecular complexity index is 564. The number of hydrogen-bond donors (Lipinski definition) is 2. The highest BCUT2D eigenvalue weighted by molar-refractivity contribution is 5.89. The molecule has 4 atom stereocenters. The highest BCUT2D eigenvalue weighted by Crippen LogP contribution is 2.20. The Morgan fingerprint density at radius 2 is 2.08 bits per heavy atom. The Hall–Kier alpha value is -1.86. The van der Waals surface area contributed by atoms with Gasteiger partial charge in [0, 0.05) is 19.7 Å². The lowest BCUT2D eigenvalue weighted by Crippen LogP contribution is -2.45. The largest absolute Gasteiger partial charge is 0.376 e. The minimum absolute atomic E-state index is 0.00828. The average Bonchev–Trinajstić information content (AvgIpc) is 3.09. The summed E-state index contributed by atoms with van der Waals surface area (Å²) in [6, 6.07) is 3.57. The Kier molecular flexibility index (Phi) is 5.75. The summed E-state index contributed by atoms with van der Waals surface area (Å²) in [4.78, 5) is 18.8. The van der Waals surface area contributed by atoms with E-state index in [1.807, 2.05) is 19.1 Å². The van der Waals surface area contributed by atoms with Gasteiger partial charge in [-0.2, -0.15) is 0 Å². The average molecular weight is 348 g/mol. The summed E-state index contributed by atoms with van der Waals surface area (Å²) < 4.78 is 11.3. The van der Waals surface area contributed by atoms with Gasteiger partial charge in [-0.3, -0.25) is 0 Å². The summed E-state index contributed by atoms with van der Waals surface area (Å²) in [6.07, 6.45) is 4.23. The van der Waals surface area contributed by atoms with Gasteiger partial charge in [0.2, 0.25) is 0 Å². The second kappa shape index (κ2) is 8.01. The molecule has 2 amide bonds. The summed E-state index contributed by atoms with van der Waals surface area (Å²) in [7, 11) is 0. The number of aromatic nitrogens is 1. The summed E-state index contributed by atoms with van der Waals surface area (Å²) in [5.74, 6) is 0.903. The van der Waals surface area contributed by atoms with Crippen LogP contribution in [0, 0.1) is 0 Å². The Morgan fingerprint density at radius 3 is 2.68 bits per heavy atom. The van der Waals surface area contributed by atoms with Gasteiger partial charge in [-0.15, -0.1) is 0 Å². The van der Waals surface area contributed by atoms with Crippen LogP contribution < -0.4 is 15.5 Å². The van der Waals surface area contributed by atoms with Crippen LogP contribution in [0.2, 0.25) is 0 Å². The summed E-state index contributed by atoms with van der Waals surface area (Å²) in [5, 5.41) is 5.76. The van der Waals surface area contributed by atoms with Crippen LogP contribution in [0.4, 0.5) is 16.3 Å². The van der Waals surface area contributed by atoms with E-state index in [1.54, 1.807) is 6.20 Å². The molecule has 0 saturated carbocycles. The second-order valence-corrected chi connectivity index (χ2v) is 7.01. The first kappa shape index (κ1) is 17.9. The fraction of sp³-hybridized carbons (Fsp3) is 0.667. The molecule has 0 aliphatic carbocycles. The molecule has 138 valence electrons. The molecule has 0 spiro atoms. The maximum Gasteiger partial charge on any atom is 0.319 e. The molecule has 2 aliphatic heterocycles. The Morgan fingerprint density at radius 1 is 1.32 bits per heavy atom. The number of urea groups is 1. The number of carbonyl (C=O) groups is 1. The fourth-order valence-electron chi connectivity index (χ4n) is 3.48. The van der Waals surface area contributed by atoms with Crippen molar-refractivity contribution >= 4 is 17.5 Å². The number of amides is 2. The zero-order valence-corrected chi connectivity index (χ0v) is 15.2. The van der Waals surface area contributed by atoms with Crippen molar-refractivity contribution in [3.8, 4) is 0 Å². The van der Waals surface area contributed by atoms with E-state index < -0.39 is 0 Å². The molecular formula is C18H28N4O3. The predicted molar refractivity (Wildman–Crippen MR) is 97.0 cm³/mol. The predicted octanol–water partition coefficient (Wildman–Crippen LogP) is 2.38. The third kappa shape index (κ3) is 4.83. The molecule has 0 radical (unpaired) electrons. The maximum atomic E-state index is 12.1. The Labute approximate surface area is 149 Å². The van der Waals surface area contributed by atoms with Gasteiger partial charge in [0.15, 0.2) is 0 Å². The summed E-state index contributed by atoms with van der Waals surface area (Å²) in [6.45, 7) is 8.53. The van der Waals surface area contributed by atoms with Crippen LogP contribution in [0.1, 0.15) is 33.6 Å². The number of anilines is 2. The first-order valence-corrected chi connectivity index (χ1v) is 9.07. The number of morpholine rings is 1. The van der Waals surface area contributed by atoms with Crippen molar-refractivity contribution in [3.63, 3.8) is 0 Å². The molecule has 3 rings (SSSR count). The van der Waals surface area contributed by atoms with Crippen LogP contribution in [0.15, 0.2) is 18.3 Å². The van der Waals surface area contributed by atoms with Crippen molar-refractivity contribution < 1.29 is 14.3 Å². The summed E-state index contributed by atoms with van der Waals surface area (Å²) >= 11 is 0. The van der Waals surface area contributed by atoms with E-state index in [-0.39, 0.29) is 30.4 Å². The fourth-order valence-corrected chi connectivity index (χ4v) is 3.48. The lowest BCUT2D eigenvalue weighted by Gasteiger charge is -2.36. The van der Waals surface area contributed by atoms with Gasteiger partial charge in [-0.25, -0.2) is 9.78 Å². The third-order valence-electron chi connectivity index (χ3n) is 4.63. The number of carbonyl (C=O) groups excluding carboxylic acids is 1. The van der Waals surface area contributed by atoms with Gasteiger partial charge in [0.25, 0.3) is 0 Å². The Balaban J connectivity index is 1.52. The lowest BCUT2D eigenvalue weighted by atomic mass is 10.1. The van der Waals surface area contributed by atoms with Gasteiger partial charge in [0.05, 0.1) is 36.2 Å². The standard InChI is InChI=1S/C18H28N4O3/c1-12-10-22(11-13(2)25-12)17-7-6-15(9-19-17)21-18(23)20-14(3)16-5-4-8-24-16/h6-7,9,12-14,16H,4-5,8,10-11H2,1-3H3,(H2,20,21,23)/t12-,13-,14-,16-/m1/s1. The van der Waals surface area contributed by atoms with Gasteiger partial charge in [-0.05, 0) is 45.7 Å². The van der Waals surface area contributed by atoms with Gasteiger partial charge in [-0.1, -0.05) is 0 Å². The molecule has 2 N–H and O–H groups in total. The quantitative estimate of drug-likeness (QED) is 0.874. The highest BCUT2D eigenvalue weighted by atomic mass is 16.5. The number of nitrogens with zero attached hydrogens (tertiary/aromatic N) is 2. The molecular weight excluding hydrogens is 320 g/mol. The molecule has 2 fully saturated rings. The number of rotatable bonds is 4. The van der Waals surface area contributed by atoms with Crippen molar-refractivity contribution in [2.75, 3.05) is 29.9 Å². The van der Waals surface area contributed by atoms with Gasteiger partial charge >= 0.3 is 6.03 Å². The van der Waals surface area contributed by atoms with Crippen LogP contribution in [0.5, 0.6) is 0 Å². The SMILES string of the molecule is C[C@@H]1CN(c2ccc(NC(=O)N[C@H](C)[C@H]3CCCO3)cn2)C[C@@H](C)O1. The van der Waals surface area contributed by atoms with Crippen LogP contribution in [-0.2, 0) is 9.47 Å². The zero-order chi connectivity index (χ0) is 17.8. The lowest BCUT2D eigenvalue weighted by molar-refractivity contribution is -0.00545. The molecule has 3 heterocycles. The minimum Gasteiger partial charge on any atom is -0.376 e. The van der Waals surface area contributed by atoms with E-state index in [0.717, 1.165) is 38.4 Å². The normalized spacial score (nSPS) is 27.8. The van der Waals surface area contributed by atoms with Crippen molar-refractivity contribution in [2.45, 2.75) is 58.0 Å². The number of nitrogens with one attached hydrogen (secondary N) is 2. The van der Waals surface area contributed by atoms with Crippen molar-refractivity contribution in [1.82, 2.24) is 10.3 Å². The molecule has 1 aromatic heterocycles. The van der Waals surface area contributed by atoms with Crippen LogP contribution in [0.25, 0.3) is 0 Å². The number of hydrogen-bond acceptors (Lipinski definition) is 5. The minimum atomic E-state index is -0.230. The van der Waals surface area contributed by atoms with Crippen molar-refractivity contribution in [2.24, 2.45) is 0 Å². The van der Waals surface area contributed by atoms with Gasteiger partial charge < -0.3 is 25.0 Å². The van der Waals surface area contributed by atoms with Crippen molar-refractivity contribution in [3.05, 3.63) is 18.3 Å². The molecule has 7 nitrogen and oxygen atoms in total. The van der Waals surface area contributed by atoms with E-state index in [4.69, 9.17) is 9.47 Å². The first-order valence-electron chi connectivity index (χ1n) is 9.07. The molecule has 2 saturated heterocycles. The van der Waals surface area contributed by atoms with Gasteiger partial charge in [0.1, 0.15) is 5.82 Å². The topological polar surface area (TPSA) is 75.7 Å². The smallest absolute Gasteiger partial charge is 0.319 e. The van der Waals surface area contributed by atoms with Crippen LogP contribution in [-0.4, -0.2) is 55.1 Å². The van der Waals surface area contributed by atoms with E-state index in [2.05, 4.69) is 34.4 Å². The molecule has 0 unspecified atom stereocenters. The molecule has 25 heavy (non-hydrogen) atoms. The van der Waals surface area contributed by atoms with E-state index >= 15 is 0 Å². The zero-order valence-electron chi connectivity index (χ0n) is 15.2. The number of pyridine rings is 1. The number of ether oxygens (including phenoxy) is 2. The van der Waals surface area contributed by atoms with E-state index in [9.17, 15) is 4.79 Å². The van der Waals surface area contributed by atoms with Crippen LogP contribution in [0.3, 0.4) is 0 Å².